The molecule has 3 aromatic carbocycles. The van der Waals surface area contributed by atoms with E-state index in [1.165, 1.54) is 5.56 Å². The van der Waals surface area contributed by atoms with Gasteiger partial charge in [-0.05, 0) is 43.0 Å². The molecule has 3 rings (SSSR count). The third-order valence-corrected chi connectivity index (χ3v) is 5.25. The number of hydrogen-bond donors (Lipinski definition) is 1. The molecule has 0 bridgehead atoms. The van der Waals surface area contributed by atoms with Crippen LogP contribution in [-0.2, 0) is 17.6 Å². The van der Waals surface area contributed by atoms with Gasteiger partial charge in [-0.2, -0.15) is 0 Å². The number of amides is 1. The topological polar surface area (TPSA) is 38.3 Å². The molecule has 4 heteroatoms. The fraction of sp³-hybridized carbons (Fsp3) is 0.222. The summed E-state index contributed by atoms with van der Waals surface area (Å²) in [6, 6.07) is 22.2. The Balaban J connectivity index is 1.80. The zero-order valence-corrected chi connectivity index (χ0v) is 19.6. The molecule has 0 unspecified atom stereocenters. The molecule has 0 saturated carbocycles. The van der Waals surface area contributed by atoms with Gasteiger partial charge in [0.2, 0.25) is 5.91 Å². The molecule has 0 spiro atoms. The maximum atomic E-state index is 12.7. The molecular weight excluding hydrogens is 450 g/mol. The summed E-state index contributed by atoms with van der Waals surface area (Å²) in [5.41, 5.74) is 5.04. The standard InChI is InChI=1S/C27H28BrNO2/c1-3-16-31-27-23(11-7-10-21-8-5-4-6-9-21)18-24(28)19-25(27)29-26(30)17-22-14-12-20(2)13-15-22/h4-10,12-15,18-19H,3,11,16-17H2,1-2H3,(H,29,30)/b10-7+. The third kappa shape index (κ3) is 7.11. The molecule has 0 aliphatic heterocycles. The molecule has 0 aliphatic carbocycles. The SMILES string of the molecule is CCCOc1c(C/C=C/c2ccccc2)cc(Br)cc1NC(=O)Cc1ccc(C)cc1. The van der Waals surface area contributed by atoms with Crippen molar-refractivity contribution in [1.29, 1.82) is 0 Å². The first-order valence-corrected chi connectivity index (χ1v) is 11.4. The van der Waals surface area contributed by atoms with Crippen molar-refractivity contribution in [3.63, 3.8) is 0 Å². The number of carbonyl (C=O) groups excluding carboxylic acids is 1. The number of hydrogen-bond acceptors (Lipinski definition) is 2. The second kappa shape index (κ2) is 11.5. The second-order valence-corrected chi connectivity index (χ2v) is 8.43. The van der Waals surface area contributed by atoms with Gasteiger partial charge >= 0.3 is 0 Å². The van der Waals surface area contributed by atoms with Crippen molar-refractivity contribution in [2.75, 3.05) is 11.9 Å². The lowest BCUT2D eigenvalue weighted by Crippen LogP contribution is -2.16. The van der Waals surface area contributed by atoms with Crippen LogP contribution in [0, 0.1) is 6.92 Å². The Kier molecular flexibility index (Phi) is 8.48. The number of nitrogens with one attached hydrogen (secondary N) is 1. The van der Waals surface area contributed by atoms with E-state index >= 15 is 0 Å². The van der Waals surface area contributed by atoms with Crippen LogP contribution in [0.15, 0.2) is 77.3 Å². The highest BCUT2D eigenvalue weighted by atomic mass is 79.9. The molecular formula is C27H28BrNO2. The molecule has 0 aliphatic rings. The number of aryl methyl sites for hydroxylation is 1. The summed E-state index contributed by atoms with van der Waals surface area (Å²) in [6.45, 7) is 4.71. The molecule has 0 radical (unpaired) electrons. The van der Waals surface area contributed by atoms with E-state index in [1.54, 1.807) is 0 Å². The predicted octanol–water partition coefficient (Wildman–Crippen LogP) is 6.98. The van der Waals surface area contributed by atoms with Crippen LogP contribution in [0.2, 0.25) is 0 Å². The lowest BCUT2D eigenvalue weighted by molar-refractivity contribution is -0.115. The zero-order chi connectivity index (χ0) is 22.1. The van der Waals surface area contributed by atoms with Crippen LogP contribution in [0.1, 0.15) is 35.6 Å². The molecule has 1 amide bonds. The summed E-state index contributed by atoms with van der Waals surface area (Å²) in [5.74, 6) is 0.675. The lowest BCUT2D eigenvalue weighted by atomic mass is 10.1. The molecule has 31 heavy (non-hydrogen) atoms. The highest BCUT2D eigenvalue weighted by Crippen LogP contribution is 2.34. The average molecular weight is 478 g/mol. The van der Waals surface area contributed by atoms with Gasteiger partial charge in [-0.3, -0.25) is 4.79 Å². The maximum absolute atomic E-state index is 12.7. The third-order valence-electron chi connectivity index (χ3n) is 4.79. The summed E-state index contributed by atoms with van der Waals surface area (Å²) in [6.07, 6.45) is 6.14. The van der Waals surface area contributed by atoms with E-state index in [9.17, 15) is 4.79 Å². The minimum atomic E-state index is -0.0610. The molecule has 0 aromatic heterocycles. The monoisotopic (exact) mass is 477 g/mol. The van der Waals surface area contributed by atoms with Crippen LogP contribution in [0.3, 0.4) is 0 Å². The Morgan fingerprint density at radius 1 is 1.06 bits per heavy atom. The van der Waals surface area contributed by atoms with E-state index in [1.807, 2.05) is 55.5 Å². The number of anilines is 1. The van der Waals surface area contributed by atoms with Crippen molar-refractivity contribution in [2.45, 2.75) is 33.1 Å². The van der Waals surface area contributed by atoms with Crippen molar-refractivity contribution in [2.24, 2.45) is 0 Å². The van der Waals surface area contributed by atoms with E-state index in [0.717, 1.165) is 33.3 Å². The smallest absolute Gasteiger partial charge is 0.228 e. The Hall–Kier alpha value is -2.85. The minimum Gasteiger partial charge on any atom is -0.491 e. The zero-order valence-electron chi connectivity index (χ0n) is 18.0. The summed E-state index contributed by atoms with van der Waals surface area (Å²) in [4.78, 5) is 12.7. The Morgan fingerprint density at radius 2 is 1.81 bits per heavy atom. The molecule has 1 N–H and O–H groups in total. The second-order valence-electron chi connectivity index (χ2n) is 7.52. The van der Waals surface area contributed by atoms with Crippen molar-refractivity contribution in [1.82, 2.24) is 0 Å². The predicted molar refractivity (Wildman–Crippen MR) is 133 cm³/mol. The fourth-order valence-corrected chi connectivity index (χ4v) is 3.75. The van der Waals surface area contributed by atoms with Crippen LogP contribution in [0.5, 0.6) is 5.75 Å². The van der Waals surface area contributed by atoms with Gasteiger partial charge in [0.1, 0.15) is 5.75 Å². The molecule has 0 fully saturated rings. The number of halogens is 1. The largest absolute Gasteiger partial charge is 0.491 e. The number of allylic oxidation sites excluding steroid dienone is 1. The van der Waals surface area contributed by atoms with Crippen molar-refractivity contribution in [3.8, 4) is 5.75 Å². The number of rotatable bonds is 9. The van der Waals surface area contributed by atoms with Crippen LogP contribution in [-0.4, -0.2) is 12.5 Å². The van der Waals surface area contributed by atoms with Gasteiger partial charge in [0.05, 0.1) is 18.7 Å². The minimum absolute atomic E-state index is 0.0610. The van der Waals surface area contributed by atoms with E-state index in [2.05, 4.69) is 58.5 Å². The van der Waals surface area contributed by atoms with Crippen molar-refractivity contribution < 1.29 is 9.53 Å². The van der Waals surface area contributed by atoms with Gasteiger partial charge < -0.3 is 10.1 Å². The maximum Gasteiger partial charge on any atom is 0.228 e. The first-order chi connectivity index (χ1) is 15.0. The van der Waals surface area contributed by atoms with Gasteiger partial charge in [-0.25, -0.2) is 0 Å². The number of ether oxygens (including phenoxy) is 1. The van der Waals surface area contributed by atoms with Crippen LogP contribution in [0.4, 0.5) is 5.69 Å². The van der Waals surface area contributed by atoms with E-state index in [-0.39, 0.29) is 5.91 Å². The Labute approximate surface area is 193 Å². The van der Waals surface area contributed by atoms with E-state index in [4.69, 9.17) is 4.74 Å². The van der Waals surface area contributed by atoms with E-state index in [0.29, 0.717) is 25.1 Å². The van der Waals surface area contributed by atoms with Crippen molar-refractivity contribution in [3.05, 3.63) is 99.5 Å². The Morgan fingerprint density at radius 3 is 2.52 bits per heavy atom. The summed E-state index contributed by atoms with van der Waals surface area (Å²) in [5, 5.41) is 3.05. The van der Waals surface area contributed by atoms with Crippen LogP contribution < -0.4 is 10.1 Å². The molecule has 3 aromatic rings. The van der Waals surface area contributed by atoms with Gasteiger partial charge in [0.25, 0.3) is 0 Å². The highest BCUT2D eigenvalue weighted by Gasteiger charge is 2.14. The van der Waals surface area contributed by atoms with Gasteiger partial charge in [0, 0.05) is 10.0 Å². The Bertz CT molecular complexity index is 1030. The highest BCUT2D eigenvalue weighted by molar-refractivity contribution is 9.10. The first kappa shape index (κ1) is 22.8. The quantitative estimate of drug-likeness (QED) is 0.360. The lowest BCUT2D eigenvalue weighted by Gasteiger charge is -2.17. The fourth-order valence-electron chi connectivity index (χ4n) is 3.24. The van der Waals surface area contributed by atoms with Crippen molar-refractivity contribution >= 4 is 33.6 Å². The number of benzene rings is 3. The summed E-state index contributed by atoms with van der Waals surface area (Å²) < 4.78 is 6.98. The normalized spacial score (nSPS) is 10.9. The summed E-state index contributed by atoms with van der Waals surface area (Å²) >= 11 is 3.59. The molecule has 3 nitrogen and oxygen atoms in total. The molecule has 0 heterocycles. The number of carbonyl (C=O) groups is 1. The molecule has 160 valence electrons. The van der Waals surface area contributed by atoms with Gasteiger partial charge in [-0.1, -0.05) is 95.2 Å². The van der Waals surface area contributed by atoms with Crippen LogP contribution >= 0.6 is 15.9 Å². The summed E-state index contributed by atoms with van der Waals surface area (Å²) in [7, 11) is 0. The van der Waals surface area contributed by atoms with Gasteiger partial charge in [0.15, 0.2) is 0 Å². The molecule has 0 atom stereocenters. The first-order valence-electron chi connectivity index (χ1n) is 10.6. The van der Waals surface area contributed by atoms with Crippen LogP contribution in [0.25, 0.3) is 6.08 Å². The van der Waals surface area contributed by atoms with Gasteiger partial charge in [-0.15, -0.1) is 0 Å². The van der Waals surface area contributed by atoms with E-state index < -0.39 is 0 Å². The average Bonchev–Trinajstić information content (AvgIpc) is 2.75. The molecule has 0 saturated heterocycles.